The van der Waals surface area contributed by atoms with Crippen molar-refractivity contribution in [3.05, 3.63) is 21.2 Å². The van der Waals surface area contributed by atoms with Crippen molar-refractivity contribution in [3.63, 3.8) is 0 Å². The maximum atomic E-state index is 11.5. The molecule has 1 aromatic rings. The Kier molecular flexibility index (Phi) is 4.89. The zero-order valence-corrected chi connectivity index (χ0v) is 12.8. The van der Waals surface area contributed by atoms with Crippen LogP contribution in [0.25, 0.3) is 0 Å². The number of amides is 1. The molecule has 0 aliphatic carbocycles. The molecule has 1 aromatic carbocycles. The number of thiol groups is 1. The number of carbonyl (C=O) groups excluding carboxylic acids is 1. The monoisotopic (exact) mass is 317 g/mol. The summed E-state index contributed by atoms with van der Waals surface area (Å²) in [6.07, 6.45) is 0. The summed E-state index contributed by atoms with van der Waals surface area (Å²) in [5.74, 6) is 0.705. The first kappa shape index (κ1) is 14.4. The van der Waals surface area contributed by atoms with Gasteiger partial charge in [-0.25, -0.2) is 0 Å². The minimum Gasteiger partial charge on any atom is -0.494 e. The molecule has 17 heavy (non-hydrogen) atoms. The number of anilines is 1. The van der Waals surface area contributed by atoms with E-state index in [2.05, 4.69) is 33.9 Å². The molecule has 0 heterocycles. The zero-order chi connectivity index (χ0) is 13.2. The topological polar surface area (TPSA) is 38.3 Å². The van der Waals surface area contributed by atoms with E-state index < -0.39 is 0 Å². The summed E-state index contributed by atoms with van der Waals surface area (Å²) in [5, 5.41) is 2.82. The van der Waals surface area contributed by atoms with Crippen LogP contribution in [0.1, 0.15) is 16.7 Å². The quantitative estimate of drug-likeness (QED) is 0.840. The molecule has 0 spiro atoms. The molecule has 0 saturated heterocycles. The molecule has 5 heteroatoms. The number of rotatable bonds is 3. The molecule has 0 bridgehead atoms. The molecule has 0 fully saturated rings. The average molecular weight is 318 g/mol. The van der Waals surface area contributed by atoms with Gasteiger partial charge in [0.05, 0.1) is 18.6 Å². The fourth-order valence-corrected chi connectivity index (χ4v) is 2.24. The normalized spacial score (nSPS) is 10.2. The van der Waals surface area contributed by atoms with Crippen LogP contribution in [0.4, 0.5) is 5.69 Å². The molecule has 3 nitrogen and oxygen atoms in total. The van der Waals surface area contributed by atoms with Crippen molar-refractivity contribution >= 4 is 40.2 Å². The molecule has 0 atom stereocenters. The van der Waals surface area contributed by atoms with Gasteiger partial charge < -0.3 is 10.1 Å². The van der Waals surface area contributed by atoms with Crippen molar-refractivity contribution in [2.45, 2.75) is 20.8 Å². The molecular weight excluding hydrogens is 302 g/mol. The van der Waals surface area contributed by atoms with Crippen LogP contribution in [0.5, 0.6) is 5.75 Å². The summed E-state index contributed by atoms with van der Waals surface area (Å²) < 4.78 is 6.37. The van der Waals surface area contributed by atoms with E-state index in [9.17, 15) is 4.79 Å². The van der Waals surface area contributed by atoms with Gasteiger partial charge in [0.25, 0.3) is 0 Å². The van der Waals surface area contributed by atoms with E-state index in [1.807, 2.05) is 20.8 Å². The van der Waals surface area contributed by atoms with E-state index in [1.54, 1.807) is 7.11 Å². The molecule has 0 saturated carbocycles. The maximum absolute atomic E-state index is 11.5. The standard InChI is InChI=1S/C12H16BrNO2S/c1-6-7(2)12(16-4)11(8(3)10(6)13)14-9(15)5-17/h17H,5H2,1-4H3,(H,14,15). The molecular formula is C12H16BrNO2S. The lowest BCUT2D eigenvalue weighted by Gasteiger charge is -2.19. The number of ether oxygens (including phenoxy) is 1. The second-order valence-corrected chi connectivity index (χ2v) is 4.91. The molecule has 1 amide bonds. The molecule has 1 N–H and O–H groups in total. The number of nitrogens with one attached hydrogen (secondary N) is 1. The minimum absolute atomic E-state index is 0.146. The van der Waals surface area contributed by atoms with E-state index in [0.717, 1.165) is 21.2 Å². The second-order valence-electron chi connectivity index (χ2n) is 3.80. The van der Waals surface area contributed by atoms with Crippen LogP contribution < -0.4 is 10.1 Å². The summed E-state index contributed by atoms with van der Waals surface area (Å²) >= 11 is 7.48. The summed E-state index contributed by atoms with van der Waals surface area (Å²) in [6, 6.07) is 0. The number of benzene rings is 1. The number of halogens is 1. The molecule has 0 aromatic heterocycles. The van der Waals surface area contributed by atoms with Gasteiger partial charge >= 0.3 is 0 Å². The Morgan fingerprint density at radius 1 is 1.29 bits per heavy atom. The fourth-order valence-electron chi connectivity index (χ4n) is 1.67. The Labute approximate surface area is 115 Å². The number of hydrogen-bond donors (Lipinski definition) is 2. The SMILES string of the molecule is COc1c(C)c(C)c(Br)c(C)c1NC(=O)CS. The van der Waals surface area contributed by atoms with Crippen LogP contribution in [-0.4, -0.2) is 18.8 Å². The highest BCUT2D eigenvalue weighted by Gasteiger charge is 2.17. The molecule has 1 rings (SSSR count). The van der Waals surface area contributed by atoms with Crippen LogP contribution >= 0.6 is 28.6 Å². The van der Waals surface area contributed by atoms with Crippen molar-refractivity contribution in [3.8, 4) is 5.75 Å². The van der Waals surface area contributed by atoms with Gasteiger partial charge in [0.15, 0.2) is 0 Å². The van der Waals surface area contributed by atoms with Gasteiger partial charge in [-0.05, 0) is 37.5 Å². The van der Waals surface area contributed by atoms with Gasteiger partial charge in [0.1, 0.15) is 5.75 Å². The molecule has 94 valence electrons. The van der Waals surface area contributed by atoms with E-state index in [4.69, 9.17) is 4.74 Å². The largest absolute Gasteiger partial charge is 0.494 e. The van der Waals surface area contributed by atoms with Gasteiger partial charge in [-0.15, -0.1) is 0 Å². The smallest absolute Gasteiger partial charge is 0.234 e. The van der Waals surface area contributed by atoms with Crippen LogP contribution in [0.2, 0.25) is 0 Å². The molecule has 0 aliphatic rings. The van der Waals surface area contributed by atoms with Gasteiger partial charge in [-0.2, -0.15) is 12.6 Å². The first-order chi connectivity index (χ1) is 7.93. The summed E-state index contributed by atoms with van der Waals surface area (Å²) in [7, 11) is 1.60. The first-order valence-corrected chi connectivity index (χ1v) is 6.60. The number of methoxy groups -OCH3 is 1. The van der Waals surface area contributed by atoms with E-state index >= 15 is 0 Å². The third-order valence-electron chi connectivity index (χ3n) is 2.78. The average Bonchev–Trinajstić information content (AvgIpc) is 2.33. The fraction of sp³-hybridized carbons (Fsp3) is 0.417. The molecule has 0 unspecified atom stereocenters. The Morgan fingerprint density at radius 3 is 2.35 bits per heavy atom. The second kappa shape index (κ2) is 5.78. The van der Waals surface area contributed by atoms with Crippen LogP contribution in [-0.2, 0) is 4.79 Å². The van der Waals surface area contributed by atoms with Crippen LogP contribution in [0.3, 0.4) is 0 Å². The lowest BCUT2D eigenvalue weighted by molar-refractivity contribution is -0.113. The number of carbonyl (C=O) groups is 1. The lowest BCUT2D eigenvalue weighted by Crippen LogP contribution is -2.15. The van der Waals surface area contributed by atoms with Gasteiger partial charge in [-0.3, -0.25) is 4.79 Å². The Bertz CT molecular complexity index is 461. The van der Waals surface area contributed by atoms with Crippen molar-refractivity contribution < 1.29 is 9.53 Å². The van der Waals surface area contributed by atoms with Gasteiger partial charge in [0, 0.05) is 4.47 Å². The Balaban J connectivity index is 3.41. The predicted molar refractivity (Wildman–Crippen MR) is 77.4 cm³/mol. The van der Waals surface area contributed by atoms with Crippen molar-refractivity contribution in [1.82, 2.24) is 0 Å². The Morgan fingerprint density at radius 2 is 1.88 bits per heavy atom. The highest BCUT2D eigenvalue weighted by molar-refractivity contribution is 9.10. The molecule has 0 radical (unpaired) electrons. The predicted octanol–water partition coefficient (Wildman–Crippen LogP) is 3.25. The highest BCUT2D eigenvalue weighted by atomic mass is 79.9. The van der Waals surface area contributed by atoms with Crippen molar-refractivity contribution in [2.75, 3.05) is 18.2 Å². The van der Waals surface area contributed by atoms with Crippen molar-refractivity contribution in [1.29, 1.82) is 0 Å². The zero-order valence-electron chi connectivity index (χ0n) is 10.3. The van der Waals surface area contributed by atoms with Gasteiger partial charge in [-0.1, -0.05) is 15.9 Å². The van der Waals surface area contributed by atoms with Crippen molar-refractivity contribution in [2.24, 2.45) is 0 Å². The summed E-state index contributed by atoms with van der Waals surface area (Å²) in [6.45, 7) is 5.92. The third-order valence-corrected chi connectivity index (χ3v) is 4.25. The first-order valence-electron chi connectivity index (χ1n) is 5.18. The highest BCUT2D eigenvalue weighted by Crippen LogP contribution is 2.39. The van der Waals surface area contributed by atoms with Gasteiger partial charge in [0.2, 0.25) is 5.91 Å². The summed E-state index contributed by atoms with van der Waals surface area (Å²) in [4.78, 5) is 11.5. The Hall–Kier alpha value is -0.680. The van der Waals surface area contributed by atoms with E-state index in [-0.39, 0.29) is 11.7 Å². The van der Waals surface area contributed by atoms with Crippen LogP contribution in [0.15, 0.2) is 4.47 Å². The maximum Gasteiger partial charge on any atom is 0.234 e. The minimum atomic E-state index is -0.148. The third kappa shape index (κ3) is 2.77. The summed E-state index contributed by atoms with van der Waals surface area (Å²) in [5.41, 5.74) is 3.80. The van der Waals surface area contributed by atoms with Crippen LogP contribution in [0, 0.1) is 20.8 Å². The lowest BCUT2D eigenvalue weighted by atomic mass is 10.0. The van der Waals surface area contributed by atoms with E-state index in [1.165, 1.54) is 0 Å². The number of hydrogen-bond acceptors (Lipinski definition) is 3. The van der Waals surface area contributed by atoms with E-state index in [0.29, 0.717) is 11.4 Å². The molecule has 0 aliphatic heterocycles.